The van der Waals surface area contributed by atoms with E-state index in [2.05, 4.69) is 25.9 Å². The van der Waals surface area contributed by atoms with Crippen LogP contribution in [0, 0.1) is 5.82 Å². The lowest BCUT2D eigenvalue weighted by molar-refractivity contribution is 0.0600. The molecular weight excluding hydrogens is 503 g/mol. The number of carbonyl (C=O) groups is 3. The number of methoxy groups -OCH3 is 1. The van der Waals surface area contributed by atoms with Crippen LogP contribution in [0.1, 0.15) is 56.9 Å². The predicted molar refractivity (Wildman–Crippen MR) is 141 cm³/mol. The normalized spacial score (nSPS) is 16.9. The van der Waals surface area contributed by atoms with Gasteiger partial charge in [0.1, 0.15) is 23.0 Å². The third-order valence-electron chi connectivity index (χ3n) is 6.64. The molecule has 1 aliphatic carbocycles. The van der Waals surface area contributed by atoms with Crippen molar-refractivity contribution in [3.05, 3.63) is 89.8 Å². The SMILES string of the molecule is COC(=O)c1cccc(Nc2ncc(F)cc2C(=O)NC2CCC(NC(=O)c3cn4ccccc4n3)CC2)c1. The highest BCUT2D eigenvalue weighted by atomic mass is 19.1. The molecule has 0 bridgehead atoms. The molecule has 3 N–H and O–H groups in total. The lowest BCUT2D eigenvalue weighted by Crippen LogP contribution is -2.44. The largest absolute Gasteiger partial charge is 0.465 e. The van der Waals surface area contributed by atoms with Gasteiger partial charge in [-0.05, 0) is 62.1 Å². The van der Waals surface area contributed by atoms with Crippen molar-refractivity contribution in [2.45, 2.75) is 37.8 Å². The van der Waals surface area contributed by atoms with Crippen LogP contribution >= 0.6 is 0 Å². The van der Waals surface area contributed by atoms with Crippen molar-refractivity contribution < 1.29 is 23.5 Å². The number of anilines is 2. The Morgan fingerprint density at radius 1 is 0.974 bits per heavy atom. The molecule has 1 saturated carbocycles. The van der Waals surface area contributed by atoms with Crippen molar-refractivity contribution in [3.8, 4) is 0 Å². The number of amides is 2. The molecule has 39 heavy (non-hydrogen) atoms. The summed E-state index contributed by atoms with van der Waals surface area (Å²) in [5, 5.41) is 8.98. The molecule has 2 amide bonds. The van der Waals surface area contributed by atoms with Gasteiger partial charge in [0.05, 0.1) is 24.4 Å². The third-order valence-corrected chi connectivity index (χ3v) is 6.64. The van der Waals surface area contributed by atoms with E-state index in [4.69, 9.17) is 4.74 Å². The van der Waals surface area contributed by atoms with Gasteiger partial charge in [0, 0.05) is 30.2 Å². The highest BCUT2D eigenvalue weighted by Gasteiger charge is 2.26. The molecule has 1 fully saturated rings. The van der Waals surface area contributed by atoms with Crippen molar-refractivity contribution in [1.29, 1.82) is 0 Å². The molecule has 3 heterocycles. The summed E-state index contributed by atoms with van der Waals surface area (Å²) in [6.07, 6.45) is 7.19. The van der Waals surface area contributed by atoms with E-state index in [0.717, 1.165) is 12.3 Å². The highest BCUT2D eigenvalue weighted by molar-refractivity contribution is 5.99. The number of halogens is 1. The maximum absolute atomic E-state index is 14.0. The van der Waals surface area contributed by atoms with Crippen LogP contribution in [0.25, 0.3) is 5.65 Å². The summed E-state index contributed by atoms with van der Waals surface area (Å²) in [5.41, 5.74) is 1.91. The minimum Gasteiger partial charge on any atom is -0.465 e. The summed E-state index contributed by atoms with van der Waals surface area (Å²) < 4.78 is 20.6. The van der Waals surface area contributed by atoms with Gasteiger partial charge in [0.2, 0.25) is 0 Å². The van der Waals surface area contributed by atoms with Gasteiger partial charge >= 0.3 is 5.97 Å². The summed E-state index contributed by atoms with van der Waals surface area (Å²) >= 11 is 0. The van der Waals surface area contributed by atoms with E-state index in [1.807, 2.05) is 24.4 Å². The number of ether oxygens (including phenoxy) is 1. The Kier molecular flexibility index (Phi) is 7.48. The van der Waals surface area contributed by atoms with Crippen LogP contribution in [0.3, 0.4) is 0 Å². The molecule has 11 heteroatoms. The van der Waals surface area contributed by atoms with E-state index in [1.165, 1.54) is 7.11 Å². The molecule has 0 spiro atoms. The summed E-state index contributed by atoms with van der Waals surface area (Å²) in [5.74, 6) is -1.69. The van der Waals surface area contributed by atoms with Crippen LogP contribution in [0.2, 0.25) is 0 Å². The minimum absolute atomic E-state index is 0.0365. The van der Waals surface area contributed by atoms with Crippen molar-refractivity contribution in [3.63, 3.8) is 0 Å². The number of imidazole rings is 1. The second kappa shape index (κ2) is 11.3. The van der Waals surface area contributed by atoms with Gasteiger partial charge in [0.15, 0.2) is 0 Å². The molecule has 0 radical (unpaired) electrons. The lowest BCUT2D eigenvalue weighted by Gasteiger charge is -2.29. The zero-order valence-corrected chi connectivity index (χ0v) is 21.2. The number of fused-ring (bicyclic) bond motifs is 1. The molecule has 5 rings (SSSR count). The van der Waals surface area contributed by atoms with E-state index in [0.29, 0.717) is 48.3 Å². The average molecular weight is 531 g/mol. The number of benzene rings is 1. The van der Waals surface area contributed by atoms with Gasteiger partial charge in [-0.25, -0.2) is 19.2 Å². The van der Waals surface area contributed by atoms with Gasteiger partial charge < -0.3 is 25.1 Å². The van der Waals surface area contributed by atoms with Crippen LogP contribution in [0.15, 0.2) is 67.1 Å². The Balaban J connectivity index is 1.19. The fourth-order valence-corrected chi connectivity index (χ4v) is 4.64. The van der Waals surface area contributed by atoms with Crippen molar-refractivity contribution in [2.75, 3.05) is 12.4 Å². The molecule has 10 nitrogen and oxygen atoms in total. The summed E-state index contributed by atoms with van der Waals surface area (Å²) in [4.78, 5) is 46.1. The molecule has 1 aliphatic rings. The van der Waals surface area contributed by atoms with E-state index >= 15 is 0 Å². The Morgan fingerprint density at radius 2 is 1.72 bits per heavy atom. The average Bonchev–Trinajstić information content (AvgIpc) is 3.39. The number of carbonyl (C=O) groups excluding carboxylic acids is 3. The number of hydrogen-bond donors (Lipinski definition) is 3. The zero-order chi connectivity index (χ0) is 27.4. The van der Waals surface area contributed by atoms with E-state index < -0.39 is 17.7 Å². The monoisotopic (exact) mass is 530 g/mol. The van der Waals surface area contributed by atoms with Gasteiger partial charge in [-0.1, -0.05) is 12.1 Å². The molecule has 4 aromatic rings. The van der Waals surface area contributed by atoms with Crippen LogP contribution in [-0.2, 0) is 4.74 Å². The third kappa shape index (κ3) is 6.03. The smallest absolute Gasteiger partial charge is 0.337 e. The number of pyridine rings is 2. The maximum Gasteiger partial charge on any atom is 0.337 e. The van der Waals surface area contributed by atoms with E-state index in [1.54, 1.807) is 34.9 Å². The highest BCUT2D eigenvalue weighted by Crippen LogP contribution is 2.23. The molecule has 3 aromatic heterocycles. The predicted octanol–water partition coefficient (Wildman–Crippen LogP) is 3.87. The Labute approximate surface area is 223 Å². The van der Waals surface area contributed by atoms with Gasteiger partial charge in [-0.3, -0.25) is 9.59 Å². The first-order valence-electron chi connectivity index (χ1n) is 12.6. The molecule has 0 unspecified atom stereocenters. The topological polar surface area (TPSA) is 127 Å². The summed E-state index contributed by atoms with van der Waals surface area (Å²) in [6, 6.07) is 13.0. The Bertz CT molecular complexity index is 1500. The second-order valence-electron chi connectivity index (χ2n) is 9.33. The second-order valence-corrected chi connectivity index (χ2v) is 9.33. The summed E-state index contributed by atoms with van der Waals surface area (Å²) in [7, 11) is 1.29. The molecular formula is C28H27FN6O4. The number of nitrogens with one attached hydrogen (secondary N) is 3. The van der Waals surface area contributed by atoms with Crippen LogP contribution < -0.4 is 16.0 Å². The lowest BCUT2D eigenvalue weighted by atomic mass is 9.91. The first kappa shape index (κ1) is 25.8. The first-order valence-corrected chi connectivity index (χ1v) is 12.6. The van der Waals surface area contributed by atoms with Crippen molar-refractivity contribution in [1.82, 2.24) is 25.0 Å². The molecule has 1 aromatic carbocycles. The van der Waals surface area contributed by atoms with Crippen LogP contribution in [-0.4, -0.2) is 51.3 Å². The molecule has 0 saturated heterocycles. The fourth-order valence-electron chi connectivity index (χ4n) is 4.64. The fraction of sp³-hybridized carbons (Fsp3) is 0.250. The standard InChI is InChI=1S/C28H27FN6O4/c1-39-28(38)17-5-4-6-21(13-17)31-25-22(14-18(29)15-30-25)26(36)32-19-8-10-20(11-9-19)33-27(37)23-16-35-12-3-2-7-24(35)34-23/h2-7,12-16,19-20H,8-11H2,1H3,(H,30,31)(H,32,36)(H,33,37). The van der Waals surface area contributed by atoms with Gasteiger partial charge in [-0.2, -0.15) is 0 Å². The number of rotatable bonds is 7. The molecule has 200 valence electrons. The van der Waals surface area contributed by atoms with Crippen LogP contribution in [0.5, 0.6) is 0 Å². The number of esters is 1. The molecule has 0 atom stereocenters. The Hall–Kier alpha value is -4.80. The zero-order valence-electron chi connectivity index (χ0n) is 21.2. The van der Waals surface area contributed by atoms with Gasteiger partial charge in [0.25, 0.3) is 11.8 Å². The number of aromatic nitrogens is 3. The van der Waals surface area contributed by atoms with E-state index in [-0.39, 0.29) is 29.4 Å². The van der Waals surface area contributed by atoms with Crippen molar-refractivity contribution >= 4 is 34.9 Å². The Morgan fingerprint density at radius 3 is 2.44 bits per heavy atom. The van der Waals surface area contributed by atoms with Crippen LogP contribution in [0.4, 0.5) is 15.9 Å². The summed E-state index contributed by atoms with van der Waals surface area (Å²) in [6.45, 7) is 0. The first-order chi connectivity index (χ1) is 18.9. The van der Waals surface area contributed by atoms with E-state index in [9.17, 15) is 18.8 Å². The minimum atomic E-state index is -0.646. The molecule has 0 aliphatic heterocycles. The number of hydrogen-bond acceptors (Lipinski definition) is 7. The van der Waals surface area contributed by atoms with Crippen molar-refractivity contribution in [2.24, 2.45) is 0 Å². The van der Waals surface area contributed by atoms with Gasteiger partial charge in [-0.15, -0.1) is 0 Å². The quantitative estimate of drug-likeness (QED) is 0.310. The maximum atomic E-state index is 14.0. The number of nitrogens with zero attached hydrogens (tertiary/aromatic N) is 3.